The fourth-order valence-corrected chi connectivity index (χ4v) is 2.72. The summed E-state index contributed by atoms with van der Waals surface area (Å²) in [4.78, 5) is 37.7. The van der Waals surface area contributed by atoms with Crippen LogP contribution in [0.3, 0.4) is 0 Å². The standard InChI is InChI=1S/C20H19N3O4/c1-13-6-5-8-15(10-13)21-18(24)12-23-19(25)16(22-20(23)26)11-14-7-3-4-9-17(14)27-2/h3-11H,12H2,1-2H3,(H,21,24)(H,22,26). The molecule has 0 unspecified atom stereocenters. The molecule has 3 rings (SSSR count). The molecule has 2 aromatic rings. The largest absolute Gasteiger partial charge is 0.496 e. The molecule has 1 heterocycles. The van der Waals surface area contributed by atoms with Gasteiger partial charge in [0.25, 0.3) is 5.91 Å². The molecule has 1 fully saturated rings. The Morgan fingerprint density at radius 1 is 1.19 bits per heavy atom. The van der Waals surface area contributed by atoms with E-state index in [2.05, 4.69) is 10.6 Å². The van der Waals surface area contributed by atoms with Crippen LogP contribution in [-0.4, -0.2) is 36.4 Å². The molecule has 0 radical (unpaired) electrons. The van der Waals surface area contributed by atoms with Crippen molar-refractivity contribution in [3.8, 4) is 5.75 Å². The minimum atomic E-state index is -0.638. The van der Waals surface area contributed by atoms with Gasteiger partial charge in [-0.25, -0.2) is 9.69 Å². The Bertz CT molecular complexity index is 936. The highest BCUT2D eigenvalue weighted by atomic mass is 16.5. The number of rotatable bonds is 5. The number of carbonyl (C=O) groups is 3. The number of urea groups is 1. The second-order valence-corrected chi connectivity index (χ2v) is 6.04. The molecule has 7 heteroatoms. The molecule has 0 spiro atoms. The first-order valence-electron chi connectivity index (χ1n) is 8.32. The Morgan fingerprint density at radius 2 is 1.96 bits per heavy atom. The molecular weight excluding hydrogens is 346 g/mol. The maximum atomic E-state index is 12.5. The number of aryl methyl sites for hydroxylation is 1. The fourth-order valence-electron chi connectivity index (χ4n) is 2.72. The lowest BCUT2D eigenvalue weighted by Gasteiger charge is -2.12. The van der Waals surface area contributed by atoms with Gasteiger partial charge in [0.2, 0.25) is 5.91 Å². The third-order valence-corrected chi connectivity index (χ3v) is 4.00. The number of nitrogens with one attached hydrogen (secondary N) is 2. The minimum Gasteiger partial charge on any atom is -0.496 e. The molecule has 2 N–H and O–H groups in total. The fraction of sp³-hybridized carbons (Fsp3) is 0.150. The number of para-hydroxylation sites is 1. The van der Waals surface area contributed by atoms with Crippen LogP contribution < -0.4 is 15.4 Å². The van der Waals surface area contributed by atoms with Gasteiger partial charge in [-0.2, -0.15) is 0 Å². The zero-order valence-corrected chi connectivity index (χ0v) is 15.0. The van der Waals surface area contributed by atoms with E-state index in [4.69, 9.17) is 4.74 Å². The minimum absolute atomic E-state index is 0.0906. The van der Waals surface area contributed by atoms with Crippen molar-refractivity contribution >= 4 is 29.6 Å². The lowest BCUT2D eigenvalue weighted by atomic mass is 10.1. The average Bonchev–Trinajstić information content (AvgIpc) is 2.89. The predicted molar refractivity (Wildman–Crippen MR) is 101 cm³/mol. The SMILES string of the molecule is COc1ccccc1C=C1NC(=O)N(CC(=O)Nc2cccc(C)c2)C1=O. The summed E-state index contributed by atoms with van der Waals surface area (Å²) >= 11 is 0. The summed E-state index contributed by atoms with van der Waals surface area (Å²) in [5.41, 5.74) is 2.34. The average molecular weight is 365 g/mol. The number of carbonyl (C=O) groups excluding carboxylic acids is 3. The third-order valence-electron chi connectivity index (χ3n) is 4.00. The molecule has 0 atom stereocenters. The van der Waals surface area contributed by atoms with E-state index in [-0.39, 0.29) is 12.2 Å². The van der Waals surface area contributed by atoms with Gasteiger partial charge in [-0.1, -0.05) is 30.3 Å². The summed E-state index contributed by atoms with van der Waals surface area (Å²) < 4.78 is 5.24. The van der Waals surface area contributed by atoms with Crippen LogP contribution >= 0.6 is 0 Å². The first-order valence-corrected chi connectivity index (χ1v) is 8.32. The molecule has 138 valence electrons. The predicted octanol–water partition coefficient (Wildman–Crippen LogP) is 2.54. The highest BCUT2D eigenvalue weighted by Crippen LogP contribution is 2.22. The Hall–Kier alpha value is -3.61. The first-order chi connectivity index (χ1) is 13.0. The molecule has 7 nitrogen and oxygen atoms in total. The van der Waals surface area contributed by atoms with Gasteiger partial charge in [-0.05, 0) is 36.8 Å². The van der Waals surface area contributed by atoms with Gasteiger partial charge in [-0.3, -0.25) is 9.59 Å². The third kappa shape index (κ3) is 4.14. The quantitative estimate of drug-likeness (QED) is 0.630. The van der Waals surface area contributed by atoms with Crippen LogP contribution in [0, 0.1) is 6.92 Å². The van der Waals surface area contributed by atoms with Gasteiger partial charge in [-0.15, -0.1) is 0 Å². The number of nitrogens with zero attached hydrogens (tertiary/aromatic N) is 1. The Kier molecular flexibility index (Phi) is 5.21. The van der Waals surface area contributed by atoms with Crippen molar-refractivity contribution in [2.45, 2.75) is 6.92 Å². The van der Waals surface area contributed by atoms with E-state index < -0.39 is 17.8 Å². The molecule has 1 aliphatic heterocycles. The molecule has 2 aromatic carbocycles. The summed E-state index contributed by atoms with van der Waals surface area (Å²) in [7, 11) is 1.52. The number of imide groups is 1. The highest BCUT2D eigenvalue weighted by molar-refractivity contribution is 6.16. The van der Waals surface area contributed by atoms with Crippen LogP contribution in [-0.2, 0) is 9.59 Å². The van der Waals surface area contributed by atoms with Crippen molar-refractivity contribution in [2.75, 3.05) is 19.0 Å². The van der Waals surface area contributed by atoms with E-state index in [0.29, 0.717) is 17.0 Å². The molecule has 1 aliphatic rings. The lowest BCUT2D eigenvalue weighted by Crippen LogP contribution is -2.38. The number of benzene rings is 2. The number of ether oxygens (including phenoxy) is 1. The monoisotopic (exact) mass is 365 g/mol. The molecule has 1 saturated heterocycles. The van der Waals surface area contributed by atoms with E-state index in [0.717, 1.165) is 10.5 Å². The van der Waals surface area contributed by atoms with E-state index in [9.17, 15) is 14.4 Å². The summed E-state index contributed by atoms with van der Waals surface area (Å²) in [5.74, 6) is -0.448. The van der Waals surface area contributed by atoms with Crippen molar-refractivity contribution in [1.82, 2.24) is 10.2 Å². The molecule has 0 aliphatic carbocycles. The Morgan fingerprint density at radius 3 is 2.70 bits per heavy atom. The summed E-state index contributed by atoms with van der Waals surface area (Å²) in [6.45, 7) is 1.53. The van der Waals surface area contributed by atoms with Crippen LogP contribution in [0.5, 0.6) is 5.75 Å². The second kappa shape index (κ2) is 7.74. The van der Waals surface area contributed by atoms with Crippen LogP contribution in [0.15, 0.2) is 54.2 Å². The summed E-state index contributed by atoms with van der Waals surface area (Å²) in [6, 6.07) is 13.7. The first kappa shape index (κ1) is 18.2. The van der Waals surface area contributed by atoms with Gasteiger partial charge >= 0.3 is 6.03 Å². The number of anilines is 1. The maximum absolute atomic E-state index is 12.5. The van der Waals surface area contributed by atoms with Crippen molar-refractivity contribution in [3.05, 3.63) is 65.4 Å². The number of methoxy groups -OCH3 is 1. The second-order valence-electron chi connectivity index (χ2n) is 6.04. The maximum Gasteiger partial charge on any atom is 0.329 e. The Balaban J connectivity index is 1.72. The van der Waals surface area contributed by atoms with Crippen molar-refractivity contribution in [3.63, 3.8) is 0 Å². The van der Waals surface area contributed by atoms with E-state index >= 15 is 0 Å². The summed E-state index contributed by atoms with van der Waals surface area (Å²) in [6.07, 6.45) is 1.53. The zero-order chi connectivity index (χ0) is 19.4. The van der Waals surface area contributed by atoms with Crippen molar-refractivity contribution in [1.29, 1.82) is 0 Å². The van der Waals surface area contributed by atoms with E-state index in [1.807, 2.05) is 19.1 Å². The molecule has 4 amide bonds. The highest BCUT2D eigenvalue weighted by Gasteiger charge is 2.35. The van der Waals surface area contributed by atoms with E-state index in [1.54, 1.807) is 36.4 Å². The molecule has 27 heavy (non-hydrogen) atoms. The van der Waals surface area contributed by atoms with Crippen molar-refractivity contribution in [2.24, 2.45) is 0 Å². The number of hydrogen-bond acceptors (Lipinski definition) is 4. The number of hydrogen-bond donors (Lipinski definition) is 2. The van der Waals surface area contributed by atoms with Gasteiger partial charge in [0, 0.05) is 11.3 Å². The topological polar surface area (TPSA) is 87.7 Å². The Labute approximate surface area is 156 Å². The molecule has 0 saturated carbocycles. The smallest absolute Gasteiger partial charge is 0.329 e. The van der Waals surface area contributed by atoms with Gasteiger partial charge in [0.1, 0.15) is 18.0 Å². The zero-order valence-electron chi connectivity index (χ0n) is 15.0. The number of amides is 4. The normalized spacial score (nSPS) is 15.0. The van der Waals surface area contributed by atoms with Gasteiger partial charge in [0.05, 0.1) is 7.11 Å². The van der Waals surface area contributed by atoms with Crippen LogP contribution in [0.1, 0.15) is 11.1 Å². The molecule has 0 aromatic heterocycles. The van der Waals surface area contributed by atoms with Crippen LogP contribution in [0.4, 0.5) is 10.5 Å². The van der Waals surface area contributed by atoms with Crippen LogP contribution in [0.2, 0.25) is 0 Å². The van der Waals surface area contributed by atoms with Gasteiger partial charge < -0.3 is 15.4 Å². The lowest BCUT2D eigenvalue weighted by molar-refractivity contribution is -0.127. The van der Waals surface area contributed by atoms with E-state index in [1.165, 1.54) is 13.2 Å². The molecular formula is C20H19N3O4. The van der Waals surface area contributed by atoms with Crippen molar-refractivity contribution < 1.29 is 19.1 Å². The van der Waals surface area contributed by atoms with Gasteiger partial charge in [0.15, 0.2) is 0 Å². The summed E-state index contributed by atoms with van der Waals surface area (Å²) in [5, 5.41) is 5.18. The molecule has 0 bridgehead atoms. The van der Waals surface area contributed by atoms with Crippen LogP contribution in [0.25, 0.3) is 6.08 Å².